The molecule has 0 aliphatic rings. The zero-order valence-corrected chi connectivity index (χ0v) is 19.8. The van der Waals surface area contributed by atoms with Crippen molar-refractivity contribution in [3.63, 3.8) is 0 Å². The molecule has 0 fully saturated rings. The lowest BCUT2D eigenvalue weighted by Gasteiger charge is -2.09. The number of hydrogen-bond acceptors (Lipinski definition) is 5. The van der Waals surface area contributed by atoms with Gasteiger partial charge in [-0.2, -0.15) is 0 Å². The Bertz CT molecular complexity index is 1610. The largest absolute Gasteiger partial charge is 0.436 e. The fraction of sp³-hybridized carbons (Fsp3) is 0.185. The molecule has 2 heterocycles. The van der Waals surface area contributed by atoms with Gasteiger partial charge in [0.2, 0.25) is 11.6 Å². The average Bonchev–Trinajstić information content (AvgIpc) is 3.15. The Morgan fingerprint density at radius 1 is 1.00 bits per heavy atom. The third-order valence-corrected chi connectivity index (χ3v) is 5.70. The van der Waals surface area contributed by atoms with Crippen LogP contribution < -0.4 is 15.7 Å². The third kappa shape index (κ3) is 4.50. The molecule has 176 valence electrons. The minimum absolute atomic E-state index is 0.195. The number of anilines is 1. The molecule has 0 aliphatic carbocycles. The smallest absolute Gasteiger partial charge is 0.351 e. The maximum atomic E-state index is 13.3. The summed E-state index contributed by atoms with van der Waals surface area (Å²) in [7, 11) is 0. The Labute approximate surface area is 201 Å². The summed E-state index contributed by atoms with van der Waals surface area (Å²) in [6, 6.07) is 20.7. The van der Waals surface area contributed by atoms with Gasteiger partial charge in [0.15, 0.2) is 0 Å². The molecular weight excluding hydrogens is 442 g/mol. The van der Waals surface area contributed by atoms with Crippen LogP contribution in [0.4, 0.5) is 5.69 Å². The van der Waals surface area contributed by atoms with E-state index in [-0.39, 0.29) is 24.0 Å². The lowest BCUT2D eigenvalue weighted by molar-refractivity contribution is -0.117. The Morgan fingerprint density at radius 3 is 2.54 bits per heavy atom. The highest BCUT2D eigenvalue weighted by atomic mass is 16.5. The minimum Gasteiger partial charge on any atom is -0.436 e. The number of aromatic nitrogens is 4. The lowest BCUT2D eigenvalue weighted by Crippen LogP contribution is -2.28. The maximum absolute atomic E-state index is 13.3. The number of aryl methyl sites for hydroxylation is 3. The maximum Gasteiger partial charge on any atom is 0.351 e. The Balaban J connectivity index is 1.55. The van der Waals surface area contributed by atoms with E-state index in [0.717, 1.165) is 27.8 Å². The highest BCUT2D eigenvalue weighted by molar-refractivity contribution is 5.90. The van der Waals surface area contributed by atoms with Crippen LogP contribution in [-0.4, -0.2) is 25.1 Å². The number of fused-ring (bicyclic) bond motifs is 3. The number of rotatable bonds is 6. The summed E-state index contributed by atoms with van der Waals surface area (Å²) in [4.78, 5) is 30.7. The van der Waals surface area contributed by atoms with Crippen LogP contribution in [-0.2, 0) is 17.8 Å². The summed E-state index contributed by atoms with van der Waals surface area (Å²) in [6.45, 7) is 5.77. The summed E-state index contributed by atoms with van der Waals surface area (Å²) in [5, 5.41) is 7.28. The van der Waals surface area contributed by atoms with Gasteiger partial charge in [-0.3, -0.25) is 4.79 Å². The molecule has 0 aliphatic heterocycles. The number of nitrogens with zero attached hydrogens (tertiary/aromatic N) is 4. The standard InChI is InChI=1S/C27H25N5O3/c1-4-19-8-7-9-20(15-19)28-24(33)16-31-27(34)32-23-11-6-5-10-22(23)29-26(25(32)30-31)35-21-13-17(2)12-18(3)14-21/h5-15H,4,16H2,1-3H3,(H,28,33). The van der Waals surface area contributed by atoms with Crippen molar-refractivity contribution >= 4 is 28.3 Å². The molecule has 0 spiro atoms. The van der Waals surface area contributed by atoms with Crippen molar-refractivity contribution in [3.05, 3.63) is 93.9 Å². The molecule has 35 heavy (non-hydrogen) atoms. The number of hydrogen-bond donors (Lipinski definition) is 1. The topological polar surface area (TPSA) is 90.5 Å². The minimum atomic E-state index is -0.443. The van der Waals surface area contributed by atoms with E-state index in [0.29, 0.717) is 22.5 Å². The quantitative estimate of drug-likeness (QED) is 0.392. The second-order valence-electron chi connectivity index (χ2n) is 8.53. The van der Waals surface area contributed by atoms with Gasteiger partial charge < -0.3 is 10.1 Å². The number of carbonyl (C=O) groups excluding carboxylic acids is 1. The van der Waals surface area contributed by atoms with Crippen LogP contribution in [0, 0.1) is 13.8 Å². The van der Waals surface area contributed by atoms with Crippen LogP contribution in [0.1, 0.15) is 23.6 Å². The normalized spacial score (nSPS) is 11.2. The number of benzene rings is 3. The van der Waals surface area contributed by atoms with Crippen LogP contribution in [0.15, 0.2) is 71.5 Å². The van der Waals surface area contributed by atoms with E-state index >= 15 is 0 Å². The molecule has 0 saturated carbocycles. The molecule has 8 nitrogen and oxygen atoms in total. The summed E-state index contributed by atoms with van der Waals surface area (Å²) in [6.07, 6.45) is 0.860. The van der Waals surface area contributed by atoms with Gasteiger partial charge >= 0.3 is 5.69 Å². The van der Waals surface area contributed by atoms with Crippen molar-refractivity contribution in [1.29, 1.82) is 0 Å². The van der Waals surface area contributed by atoms with E-state index in [1.54, 1.807) is 12.1 Å². The summed E-state index contributed by atoms with van der Waals surface area (Å²) < 4.78 is 8.68. The highest BCUT2D eigenvalue weighted by Crippen LogP contribution is 2.27. The van der Waals surface area contributed by atoms with Gasteiger partial charge in [-0.15, -0.1) is 5.10 Å². The van der Waals surface area contributed by atoms with E-state index in [2.05, 4.69) is 15.4 Å². The monoisotopic (exact) mass is 467 g/mol. The second-order valence-corrected chi connectivity index (χ2v) is 8.53. The van der Waals surface area contributed by atoms with Crippen molar-refractivity contribution in [2.75, 3.05) is 5.32 Å². The van der Waals surface area contributed by atoms with Crippen molar-refractivity contribution < 1.29 is 9.53 Å². The predicted molar refractivity (Wildman–Crippen MR) is 135 cm³/mol. The van der Waals surface area contributed by atoms with E-state index in [4.69, 9.17) is 4.74 Å². The molecule has 5 rings (SSSR count). The molecule has 1 amide bonds. The van der Waals surface area contributed by atoms with Gasteiger partial charge in [0.25, 0.3) is 5.88 Å². The van der Waals surface area contributed by atoms with Crippen LogP contribution >= 0.6 is 0 Å². The SMILES string of the molecule is CCc1cccc(NC(=O)Cn2nc3c(Oc4cc(C)cc(C)c4)nc4ccccc4n3c2=O)c1. The first-order valence-corrected chi connectivity index (χ1v) is 11.4. The van der Waals surface area contributed by atoms with Crippen molar-refractivity contribution in [3.8, 4) is 11.6 Å². The van der Waals surface area contributed by atoms with Crippen molar-refractivity contribution in [2.45, 2.75) is 33.7 Å². The molecule has 0 radical (unpaired) electrons. The summed E-state index contributed by atoms with van der Waals surface area (Å²) in [5.41, 5.74) is 4.85. The van der Waals surface area contributed by atoms with Crippen molar-refractivity contribution in [2.24, 2.45) is 0 Å². The van der Waals surface area contributed by atoms with Crippen LogP contribution in [0.2, 0.25) is 0 Å². The Morgan fingerprint density at radius 2 is 1.77 bits per heavy atom. The fourth-order valence-corrected chi connectivity index (χ4v) is 4.15. The van der Waals surface area contributed by atoms with Gasteiger partial charge in [0, 0.05) is 5.69 Å². The van der Waals surface area contributed by atoms with Gasteiger partial charge in [0.1, 0.15) is 12.3 Å². The van der Waals surface area contributed by atoms with Gasteiger partial charge in [-0.25, -0.2) is 18.9 Å². The molecule has 8 heteroatoms. The van der Waals surface area contributed by atoms with Crippen LogP contribution in [0.3, 0.4) is 0 Å². The molecule has 5 aromatic rings. The number of para-hydroxylation sites is 2. The molecule has 0 unspecified atom stereocenters. The molecule has 0 bridgehead atoms. The molecule has 0 saturated heterocycles. The number of ether oxygens (including phenoxy) is 1. The van der Waals surface area contributed by atoms with Gasteiger partial charge in [-0.05, 0) is 73.4 Å². The Hall–Kier alpha value is -4.46. The number of amides is 1. The Kier molecular flexibility index (Phi) is 5.78. The van der Waals surface area contributed by atoms with Gasteiger partial charge in [0.05, 0.1) is 11.0 Å². The van der Waals surface area contributed by atoms with E-state index in [9.17, 15) is 9.59 Å². The van der Waals surface area contributed by atoms with E-state index in [1.165, 1.54) is 4.40 Å². The van der Waals surface area contributed by atoms with Crippen LogP contribution in [0.5, 0.6) is 11.6 Å². The fourth-order valence-electron chi connectivity index (χ4n) is 4.15. The van der Waals surface area contributed by atoms with E-state index in [1.807, 2.05) is 75.4 Å². The molecule has 0 atom stereocenters. The van der Waals surface area contributed by atoms with Gasteiger partial charge in [-0.1, -0.05) is 37.3 Å². The number of carbonyl (C=O) groups is 1. The molecule has 3 aromatic carbocycles. The van der Waals surface area contributed by atoms with Crippen molar-refractivity contribution in [1.82, 2.24) is 19.2 Å². The molecule has 2 aromatic heterocycles. The second kappa shape index (κ2) is 9.06. The zero-order valence-electron chi connectivity index (χ0n) is 19.8. The first-order valence-electron chi connectivity index (χ1n) is 11.4. The molecular formula is C27H25N5O3. The lowest BCUT2D eigenvalue weighted by atomic mass is 10.1. The third-order valence-electron chi connectivity index (χ3n) is 5.70. The first-order chi connectivity index (χ1) is 16.9. The zero-order chi connectivity index (χ0) is 24.5. The number of nitrogens with one attached hydrogen (secondary N) is 1. The summed E-state index contributed by atoms with van der Waals surface area (Å²) >= 11 is 0. The predicted octanol–water partition coefficient (Wildman–Crippen LogP) is 4.65. The average molecular weight is 468 g/mol. The molecule has 1 N–H and O–H groups in total. The van der Waals surface area contributed by atoms with Crippen LogP contribution in [0.25, 0.3) is 16.7 Å². The van der Waals surface area contributed by atoms with E-state index < -0.39 is 5.69 Å². The first kappa shape index (κ1) is 22.3. The summed E-state index contributed by atoms with van der Waals surface area (Å²) in [5.74, 6) is 0.445. The highest BCUT2D eigenvalue weighted by Gasteiger charge is 2.19.